The lowest BCUT2D eigenvalue weighted by molar-refractivity contribution is -0.137. The summed E-state index contributed by atoms with van der Waals surface area (Å²) in [5.41, 5.74) is 0.640. The Kier molecular flexibility index (Phi) is 8.47. The molecule has 0 bridgehead atoms. The molecule has 2 rings (SSSR count). The van der Waals surface area contributed by atoms with Crippen molar-refractivity contribution in [1.82, 2.24) is 15.5 Å². The Bertz CT molecular complexity index is 600. The highest BCUT2D eigenvalue weighted by Gasteiger charge is 2.41. The van der Waals surface area contributed by atoms with Crippen molar-refractivity contribution >= 4 is 5.97 Å². The third kappa shape index (κ3) is 6.29. The van der Waals surface area contributed by atoms with E-state index in [9.17, 15) is 9.90 Å². The molecule has 28 heavy (non-hydrogen) atoms. The van der Waals surface area contributed by atoms with Gasteiger partial charge in [-0.05, 0) is 49.5 Å². The van der Waals surface area contributed by atoms with E-state index in [0.717, 1.165) is 32.2 Å². The average Bonchev–Trinajstić information content (AvgIpc) is 3.09. The average molecular weight is 394 g/mol. The van der Waals surface area contributed by atoms with E-state index in [1.165, 1.54) is 32.1 Å². The maximum absolute atomic E-state index is 11.4. The smallest absolute Gasteiger partial charge is 0.304 e. The van der Waals surface area contributed by atoms with Crippen LogP contribution in [-0.2, 0) is 11.3 Å². The van der Waals surface area contributed by atoms with E-state index >= 15 is 0 Å². The Hall–Kier alpha value is -1.43. The van der Waals surface area contributed by atoms with Gasteiger partial charge in [-0.3, -0.25) is 4.79 Å². The molecule has 0 unspecified atom stereocenters. The van der Waals surface area contributed by atoms with Gasteiger partial charge in [-0.2, -0.15) is 4.98 Å². The normalized spacial score (nSPS) is 18.1. The fourth-order valence-corrected chi connectivity index (χ4v) is 4.70. The minimum absolute atomic E-state index is 0.0482. The van der Waals surface area contributed by atoms with Gasteiger partial charge >= 0.3 is 5.97 Å². The van der Waals surface area contributed by atoms with Crippen molar-refractivity contribution in [2.45, 2.75) is 104 Å². The molecular formula is C22H39N3O3. The van der Waals surface area contributed by atoms with Crippen LogP contribution in [0, 0.1) is 10.8 Å². The van der Waals surface area contributed by atoms with Crippen molar-refractivity contribution in [3.63, 3.8) is 0 Å². The van der Waals surface area contributed by atoms with Gasteiger partial charge in [-0.15, -0.1) is 0 Å². The summed E-state index contributed by atoms with van der Waals surface area (Å²) in [6.07, 6.45) is 10.6. The number of carbonyl (C=O) groups is 1. The molecule has 6 nitrogen and oxygen atoms in total. The first-order valence-corrected chi connectivity index (χ1v) is 11.0. The Morgan fingerprint density at radius 1 is 1.29 bits per heavy atom. The van der Waals surface area contributed by atoms with Crippen LogP contribution in [0.4, 0.5) is 0 Å². The van der Waals surface area contributed by atoms with Crippen LogP contribution in [0.5, 0.6) is 0 Å². The summed E-state index contributed by atoms with van der Waals surface area (Å²) >= 11 is 0. The first-order valence-electron chi connectivity index (χ1n) is 11.0. The fraction of sp³-hybridized carbons (Fsp3) is 0.864. The number of aliphatic carboxylic acids is 1. The van der Waals surface area contributed by atoms with Crippen LogP contribution < -0.4 is 5.32 Å². The molecule has 0 amide bonds. The molecule has 1 saturated carbocycles. The predicted octanol–water partition coefficient (Wildman–Crippen LogP) is 5.29. The molecule has 1 aromatic rings. The van der Waals surface area contributed by atoms with Gasteiger partial charge in [0.15, 0.2) is 5.82 Å². The Labute approximate surface area is 169 Å². The van der Waals surface area contributed by atoms with E-state index in [4.69, 9.17) is 4.52 Å². The summed E-state index contributed by atoms with van der Waals surface area (Å²) in [6.45, 7) is 10.7. The fourth-order valence-electron chi connectivity index (χ4n) is 4.70. The van der Waals surface area contributed by atoms with E-state index < -0.39 is 5.97 Å². The second-order valence-corrected chi connectivity index (χ2v) is 9.50. The van der Waals surface area contributed by atoms with Crippen molar-refractivity contribution in [1.29, 1.82) is 0 Å². The van der Waals surface area contributed by atoms with Crippen LogP contribution >= 0.6 is 0 Å². The molecule has 0 aromatic carbocycles. The molecule has 1 atom stereocenters. The van der Waals surface area contributed by atoms with Crippen LogP contribution in [0.25, 0.3) is 0 Å². The van der Waals surface area contributed by atoms with E-state index in [1.54, 1.807) is 0 Å². The first kappa shape index (κ1) is 22.9. The van der Waals surface area contributed by atoms with Gasteiger partial charge in [0.1, 0.15) is 0 Å². The van der Waals surface area contributed by atoms with Crippen molar-refractivity contribution in [2.24, 2.45) is 10.8 Å². The molecule has 0 radical (unpaired) electrons. The zero-order valence-electron chi connectivity index (χ0n) is 18.2. The lowest BCUT2D eigenvalue weighted by Crippen LogP contribution is -2.37. The van der Waals surface area contributed by atoms with Crippen LogP contribution in [-0.4, -0.2) is 27.8 Å². The SMILES string of the molecule is CCCNCc1noc([C@H](CCCC2(C(C)(C)C)CCCCC2)CC(=O)O)n1. The number of aromatic nitrogens is 2. The maximum Gasteiger partial charge on any atom is 0.304 e. The van der Waals surface area contributed by atoms with Gasteiger partial charge in [0.05, 0.1) is 13.0 Å². The van der Waals surface area contributed by atoms with Crippen molar-refractivity contribution in [3.8, 4) is 0 Å². The Morgan fingerprint density at radius 3 is 2.61 bits per heavy atom. The number of carboxylic acids is 1. The highest BCUT2D eigenvalue weighted by molar-refractivity contribution is 5.67. The van der Waals surface area contributed by atoms with Gasteiger partial charge < -0.3 is 14.9 Å². The Balaban J connectivity index is 1.99. The molecule has 160 valence electrons. The third-order valence-corrected chi connectivity index (χ3v) is 6.57. The molecule has 1 heterocycles. The molecule has 0 aliphatic heterocycles. The van der Waals surface area contributed by atoms with Gasteiger partial charge in [0.2, 0.25) is 5.89 Å². The quantitative estimate of drug-likeness (QED) is 0.496. The van der Waals surface area contributed by atoms with Gasteiger partial charge in [-0.1, -0.05) is 58.5 Å². The number of hydrogen-bond acceptors (Lipinski definition) is 5. The van der Waals surface area contributed by atoms with Crippen LogP contribution in [0.3, 0.4) is 0 Å². The number of hydrogen-bond donors (Lipinski definition) is 2. The molecule has 0 spiro atoms. The maximum atomic E-state index is 11.4. The number of nitrogens with one attached hydrogen (secondary N) is 1. The van der Waals surface area contributed by atoms with Gasteiger partial charge in [0.25, 0.3) is 0 Å². The monoisotopic (exact) mass is 393 g/mol. The molecule has 0 saturated heterocycles. The summed E-state index contributed by atoms with van der Waals surface area (Å²) in [4.78, 5) is 15.8. The molecule has 1 aliphatic carbocycles. The third-order valence-electron chi connectivity index (χ3n) is 6.57. The zero-order chi connectivity index (χ0) is 20.6. The summed E-state index contributed by atoms with van der Waals surface area (Å²) in [5.74, 6) is 0.0732. The van der Waals surface area contributed by atoms with Crippen molar-refractivity contribution in [3.05, 3.63) is 11.7 Å². The topological polar surface area (TPSA) is 88.2 Å². The first-order chi connectivity index (χ1) is 13.3. The van der Waals surface area contributed by atoms with Crippen LogP contribution in [0.15, 0.2) is 4.52 Å². The van der Waals surface area contributed by atoms with Gasteiger partial charge in [0, 0.05) is 5.92 Å². The highest BCUT2D eigenvalue weighted by atomic mass is 16.5. The standard InChI is InChI=1S/C22H39N3O3/c1-5-14-23-16-18-24-20(28-25-18)17(15-19(26)27)10-9-13-22(21(2,3)4)11-7-6-8-12-22/h17,23H,5-16H2,1-4H3,(H,26,27)/t17-/m1/s1. The minimum atomic E-state index is -0.808. The summed E-state index contributed by atoms with van der Waals surface area (Å²) in [6, 6.07) is 0. The number of rotatable bonds is 11. The van der Waals surface area contributed by atoms with E-state index in [2.05, 4.69) is 43.2 Å². The van der Waals surface area contributed by atoms with Crippen LogP contribution in [0.1, 0.15) is 110 Å². The van der Waals surface area contributed by atoms with Crippen molar-refractivity contribution in [2.75, 3.05) is 6.54 Å². The lowest BCUT2D eigenvalue weighted by atomic mass is 9.57. The molecule has 1 fully saturated rings. The van der Waals surface area contributed by atoms with Crippen LogP contribution in [0.2, 0.25) is 0 Å². The van der Waals surface area contributed by atoms with E-state index in [1.807, 2.05) is 0 Å². The lowest BCUT2D eigenvalue weighted by Gasteiger charge is -2.48. The summed E-state index contributed by atoms with van der Waals surface area (Å²) < 4.78 is 5.43. The van der Waals surface area contributed by atoms with Gasteiger partial charge in [-0.25, -0.2) is 0 Å². The molecule has 6 heteroatoms. The predicted molar refractivity (Wildman–Crippen MR) is 110 cm³/mol. The van der Waals surface area contributed by atoms with E-state index in [-0.39, 0.29) is 17.8 Å². The largest absolute Gasteiger partial charge is 0.481 e. The number of nitrogens with zero attached hydrogens (tertiary/aromatic N) is 2. The van der Waals surface area contributed by atoms with Crippen molar-refractivity contribution < 1.29 is 14.4 Å². The molecule has 1 aliphatic rings. The zero-order valence-corrected chi connectivity index (χ0v) is 18.2. The minimum Gasteiger partial charge on any atom is -0.481 e. The molecule has 1 aromatic heterocycles. The Morgan fingerprint density at radius 2 is 2.00 bits per heavy atom. The van der Waals surface area contributed by atoms with E-state index in [0.29, 0.717) is 23.7 Å². The molecular weight excluding hydrogens is 354 g/mol. The molecule has 2 N–H and O–H groups in total. The summed E-state index contributed by atoms with van der Waals surface area (Å²) in [7, 11) is 0. The summed E-state index contributed by atoms with van der Waals surface area (Å²) in [5, 5.41) is 16.6. The second-order valence-electron chi connectivity index (χ2n) is 9.50. The second kappa shape index (κ2) is 10.4. The highest BCUT2D eigenvalue weighted by Crippen LogP contribution is 2.53. The number of carboxylic acid groups (broad SMARTS) is 1.